The predicted molar refractivity (Wildman–Crippen MR) is 131 cm³/mol. The van der Waals surface area contributed by atoms with Gasteiger partial charge in [-0.2, -0.15) is 13.2 Å². The van der Waals surface area contributed by atoms with Crippen molar-refractivity contribution in [3.63, 3.8) is 0 Å². The highest BCUT2D eigenvalue weighted by Crippen LogP contribution is 2.23. The molecule has 0 radical (unpaired) electrons. The molecule has 1 fully saturated rings. The van der Waals surface area contributed by atoms with E-state index in [1.807, 2.05) is 0 Å². The van der Waals surface area contributed by atoms with E-state index in [0.717, 1.165) is 6.07 Å². The highest BCUT2D eigenvalue weighted by Gasteiger charge is 2.38. The molecule has 0 aromatic heterocycles. The van der Waals surface area contributed by atoms with Gasteiger partial charge in [-0.1, -0.05) is 30.3 Å². The smallest absolute Gasteiger partial charge is 0.341 e. The highest BCUT2D eigenvalue weighted by atomic mass is 19.4. The predicted octanol–water partition coefficient (Wildman–Crippen LogP) is 4.23. The van der Waals surface area contributed by atoms with Crippen LogP contribution in [0.3, 0.4) is 0 Å². The fraction of sp³-hybridized carbons (Fsp3) is 0.423. The summed E-state index contributed by atoms with van der Waals surface area (Å²) in [6, 6.07) is 12.0. The van der Waals surface area contributed by atoms with Gasteiger partial charge in [0.2, 0.25) is 0 Å². The Morgan fingerprint density at radius 1 is 0.946 bits per heavy atom. The second kappa shape index (κ2) is 11.3. The number of benzene rings is 2. The Balaban J connectivity index is 1.75. The first-order chi connectivity index (χ1) is 17.3. The number of hydrogen-bond donors (Lipinski definition) is 1. The van der Waals surface area contributed by atoms with Crippen LogP contribution in [0, 0.1) is 5.82 Å². The number of hydrogen-bond acceptors (Lipinski definition) is 4. The summed E-state index contributed by atoms with van der Waals surface area (Å²) in [4.78, 5) is 42.1. The van der Waals surface area contributed by atoms with E-state index in [-0.39, 0.29) is 29.2 Å². The van der Waals surface area contributed by atoms with Gasteiger partial charge < -0.3 is 10.2 Å². The van der Waals surface area contributed by atoms with Crippen molar-refractivity contribution in [3.8, 4) is 0 Å². The van der Waals surface area contributed by atoms with Crippen LogP contribution in [-0.4, -0.2) is 72.0 Å². The topological polar surface area (TPSA) is 73.0 Å². The third-order valence-electron chi connectivity index (χ3n) is 6.17. The molecule has 0 atom stereocenters. The second-order valence-electron chi connectivity index (χ2n) is 9.76. The van der Waals surface area contributed by atoms with Crippen molar-refractivity contribution < 1.29 is 31.9 Å². The third-order valence-corrected chi connectivity index (χ3v) is 6.17. The fourth-order valence-electron chi connectivity index (χ4n) is 4.00. The van der Waals surface area contributed by atoms with Crippen molar-refractivity contribution in [2.45, 2.75) is 39.0 Å². The number of piperazine rings is 1. The van der Waals surface area contributed by atoms with Gasteiger partial charge in [0, 0.05) is 48.5 Å². The van der Waals surface area contributed by atoms with Gasteiger partial charge in [0.15, 0.2) is 5.78 Å². The molecular weight excluding hydrogens is 492 g/mol. The minimum Gasteiger partial charge on any atom is -0.341 e. The molecule has 3 amide bonds. The summed E-state index contributed by atoms with van der Waals surface area (Å²) in [5, 5.41) is 1.47. The molecule has 200 valence electrons. The largest absolute Gasteiger partial charge is 0.471 e. The number of rotatable bonds is 6. The molecule has 2 aromatic carbocycles. The summed E-state index contributed by atoms with van der Waals surface area (Å²) in [5.74, 6) is -3.92. The van der Waals surface area contributed by atoms with Gasteiger partial charge in [-0.05, 0) is 39.0 Å². The Bertz CT molecular complexity index is 1120. The molecule has 0 saturated carbocycles. The molecule has 1 saturated heterocycles. The summed E-state index contributed by atoms with van der Waals surface area (Å²) < 4.78 is 52.0. The zero-order valence-electron chi connectivity index (χ0n) is 20.9. The zero-order valence-corrected chi connectivity index (χ0v) is 20.9. The van der Waals surface area contributed by atoms with Crippen LogP contribution in [0.25, 0.3) is 0 Å². The molecule has 0 spiro atoms. The Labute approximate surface area is 213 Å². The van der Waals surface area contributed by atoms with E-state index < -0.39 is 30.2 Å². The normalized spacial score (nSPS) is 14.8. The van der Waals surface area contributed by atoms with Gasteiger partial charge in [-0.25, -0.2) is 9.18 Å². The molecular formula is C26H30F4N4O3. The number of carbonyl (C=O) groups excluding carboxylic acids is 3. The highest BCUT2D eigenvalue weighted by molar-refractivity contribution is 6.00. The summed E-state index contributed by atoms with van der Waals surface area (Å²) in [7, 11) is 0. The Kier molecular flexibility index (Phi) is 8.57. The van der Waals surface area contributed by atoms with Crippen molar-refractivity contribution >= 4 is 23.4 Å². The number of nitrogens with zero attached hydrogens (tertiary/aromatic N) is 3. The molecule has 3 rings (SSSR count). The lowest BCUT2D eigenvalue weighted by atomic mass is 10.0. The molecule has 1 heterocycles. The number of nitrogens with one attached hydrogen (secondary N) is 1. The maximum Gasteiger partial charge on any atom is 0.471 e. The van der Waals surface area contributed by atoms with Crippen molar-refractivity contribution in [1.29, 1.82) is 0 Å². The van der Waals surface area contributed by atoms with Gasteiger partial charge in [-0.3, -0.25) is 19.4 Å². The molecule has 11 heteroatoms. The van der Waals surface area contributed by atoms with E-state index >= 15 is 0 Å². The molecule has 1 aliphatic heterocycles. The molecule has 7 nitrogen and oxygen atoms in total. The maximum atomic E-state index is 15.0. The standard InChI is InChI=1S/C26H30F4N4O3/c1-25(2,3)33-13-11-32(12-14-33)24(37)34(20-7-5-4-6-8-20)17-19-10-9-18(15-21(19)27)22(35)16-31-23(36)26(28,29)30/h4-10,15H,11-14,16-17H2,1-3H3,(H,31,36). The fourth-order valence-corrected chi connectivity index (χ4v) is 4.00. The third kappa shape index (κ3) is 7.28. The van der Waals surface area contributed by atoms with E-state index in [0.29, 0.717) is 31.9 Å². The zero-order chi connectivity index (χ0) is 27.4. The number of amides is 3. The van der Waals surface area contributed by atoms with Crippen LogP contribution >= 0.6 is 0 Å². The number of para-hydroxylation sites is 1. The van der Waals surface area contributed by atoms with Crippen LogP contribution in [-0.2, 0) is 11.3 Å². The van der Waals surface area contributed by atoms with E-state index in [1.165, 1.54) is 22.3 Å². The Hall–Kier alpha value is -3.47. The maximum absolute atomic E-state index is 15.0. The quantitative estimate of drug-likeness (QED) is 0.455. The SMILES string of the molecule is CC(C)(C)N1CCN(C(=O)N(Cc2ccc(C(=O)CNC(=O)C(F)(F)F)cc2F)c2ccccc2)CC1. The van der Waals surface area contributed by atoms with Crippen molar-refractivity contribution in [2.24, 2.45) is 0 Å². The summed E-state index contributed by atoms with van der Waals surface area (Å²) >= 11 is 0. The van der Waals surface area contributed by atoms with Crippen LogP contribution < -0.4 is 10.2 Å². The van der Waals surface area contributed by atoms with Gasteiger partial charge >= 0.3 is 18.1 Å². The summed E-state index contributed by atoms with van der Waals surface area (Å²) in [5.41, 5.74) is 0.479. The van der Waals surface area contributed by atoms with Crippen LogP contribution in [0.4, 0.5) is 28.0 Å². The average Bonchev–Trinajstić information content (AvgIpc) is 2.85. The van der Waals surface area contributed by atoms with E-state index in [4.69, 9.17) is 0 Å². The monoisotopic (exact) mass is 522 g/mol. The van der Waals surface area contributed by atoms with Crippen molar-refractivity contribution in [3.05, 3.63) is 65.5 Å². The van der Waals surface area contributed by atoms with Crippen LogP contribution in [0.15, 0.2) is 48.5 Å². The van der Waals surface area contributed by atoms with E-state index in [2.05, 4.69) is 25.7 Å². The Morgan fingerprint density at radius 2 is 1.57 bits per heavy atom. The van der Waals surface area contributed by atoms with Gasteiger partial charge in [0.05, 0.1) is 13.1 Å². The number of Topliss-reactive ketones (excluding diaryl/α,β-unsaturated/α-hetero) is 1. The molecule has 0 aliphatic carbocycles. The number of ketones is 1. The van der Waals surface area contributed by atoms with Crippen LogP contribution in [0.2, 0.25) is 0 Å². The lowest BCUT2D eigenvalue weighted by molar-refractivity contribution is -0.173. The van der Waals surface area contributed by atoms with Gasteiger partial charge in [0.25, 0.3) is 0 Å². The van der Waals surface area contributed by atoms with Gasteiger partial charge in [-0.15, -0.1) is 0 Å². The first-order valence-corrected chi connectivity index (χ1v) is 11.8. The summed E-state index contributed by atoms with van der Waals surface area (Å²) in [6.07, 6.45) is -5.12. The first-order valence-electron chi connectivity index (χ1n) is 11.8. The second-order valence-corrected chi connectivity index (χ2v) is 9.76. The van der Waals surface area contributed by atoms with Crippen molar-refractivity contribution in [1.82, 2.24) is 15.1 Å². The number of urea groups is 1. The molecule has 37 heavy (non-hydrogen) atoms. The van der Waals surface area contributed by atoms with E-state index in [1.54, 1.807) is 35.2 Å². The van der Waals surface area contributed by atoms with Crippen molar-refractivity contribution in [2.75, 3.05) is 37.6 Å². The van der Waals surface area contributed by atoms with Crippen LogP contribution in [0.1, 0.15) is 36.7 Å². The molecule has 1 aliphatic rings. The first kappa shape index (κ1) is 28.1. The lowest BCUT2D eigenvalue weighted by Crippen LogP contribution is -2.57. The number of carbonyl (C=O) groups is 3. The van der Waals surface area contributed by atoms with Crippen LogP contribution in [0.5, 0.6) is 0 Å². The number of alkyl halides is 3. The lowest BCUT2D eigenvalue weighted by Gasteiger charge is -2.43. The molecule has 2 aromatic rings. The van der Waals surface area contributed by atoms with E-state index in [9.17, 15) is 31.9 Å². The molecule has 1 N–H and O–H groups in total. The summed E-state index contributed by atoms with van der Waals surface area (Å²) in [6.45, 7) is 7.73. The average molecular weight is 523 g/mol. The minimum absolute atomic E-state index is 0.0217. The number of halogens is 4. The Morgan fingerprint density at radius 3 is 2.11 bits per heavy atom. The number of anilines is 1. The molecule has 0 unspecified atom stereocenters. The molecule has 0 bridgehead atoms. The van der Waals surface area contributed by atoms with Gasteiger partial charge in [0.1, 0.15) is 5.82 Å². The minimum atomic E-state index is -5.12.